The van der Waals surface area contributed by atoms with Crippen molar-refractivity contribution in [3.8, 4) is 0 Å². The minimum Gasteiger partial charge on any atom is -0.481 e. The van der Waals surface area contributed by atoms with E-state index in [1.807, 2.05) is 18.2 Å². The Balaban J connectivity index is 2.24. The molecule has 1 heterocycles. The topological polar surface area (TPSA) is 95.1 Å². The van der Waals surface area contributed by atoms with Crippen molar-refractivity contribution in [1.82, 2.24) is 15.5 Å². The standard InChI is InChI=1S/C15H17N3O3/c1-9-8-12(18-17-9)14(19)16-13(10(2)15(20)21)11-6-4-3-5-7-11/h3-8,10,13H,1-2H3,(H,16,19)(H,17,18)(H,20,21). The van der Waals surface area contributed by atoms with Crippen LogP contribution in [-0.2, 0) is 4.79 Å². The summed E-state index contributed by atoms with van der Waals surface area (Å²) in [5.41, 5.74) is 1.75. The molecule has 1 aromatic heterocycles. The highest BCUT2D eigenvalue weighted by Crippen LogP contribution is 2.22. The van der Waals surface area contributed by atoms with Crippen molar-refractivity contribution in [2.24, 2.45) is 5.92 Å². The molecule has 6 nitrogen and oxygen atoms in total. The number of benzene rings is 1. The monoisotopic (exact) mass is 287 g/mol. The number of nitrogens with one attached hydrogen (secondary N) is 2. The van der Waals surface area contributed by atoms with E-state index in [0.29, 0.717) is 0 Å². The van der Waals surface area contributed by atoms with Crippen LogP contribution in [0.4, 0.5) is 0 Å². The zero-order valence-corrected chi connectivity index (χ0v) is 11.8. The summed E-state index contributed by atoms with van der Waals surface area (Å²) in [5, 5.41) is 18.5. The van der Waals surface area contributed by atoms with Crippen LogP contribution in [0.15, 0.2) is 36.4 Å². The summed E-state index contributed by atoms with van der Waals surface area (Å²) in [6, 6.07) is 10.0. The molecule has 0 aliphatic heterocycles. The molecule has 0 radical (unpaired) electrons. The Bertz CT molecular complexity index is 637. The van der Waals surface area contributed by atoms with Crippen molar-refractivity contribution in [1.29, 1.82) is 0 Å². The van der Waals surface area contributed by atoms with Crippen LogP contribution >= 0.6 is 0 Å². The maximum Gasteiger partial charge on any atom is 0.308 e. The van der Waals surface area contributed by atoms with Gasteiger partial charge in [0.15, 0.2) is 0 Å². The Kier molecular flexibility index (Phi) is 4.37. The minimum absolute atomic E-state index is 0.242. The zero-order valence-electron chi connectivity index (χ0n) is 11.8. The lowest BCUT2D eigenvalue weighted by Crippen LogP contribution is -2.35. The smallest absolute Gasteiger partial charge is 0.308 e. The molecule has 2 unspecified atom stereocenters. The van der Waals surface area contributed by atoms with Crippen LogP contribution in [0, 0.1) is 12.8 Å². The number of aromatic amines is 1. The van der Waals surface area contributed by atoms with E-state index in [-0.39, 0.29) is 5.69 Å². The number of nitrogens with zero attached hydrogens (tertiary/aromatic N) is 1. The van der Waals surface area contributed by atoms with Gasteiger partial charge in [0.25, 0.3) is 5.91 Å². The molecule has 110 valence electrons. The average molecular weight is 287 g/mol. The number of rotatable bonds is 5. The van der Waals surface area contributed by atoms with E-state index in [2.05, 4.69) is 15.5 Å². The third-order valence-electron chi connectivity index (χ3n) is 3.27. The van der Waals surface area contributed by atoms with E-state index in [0.717, 1.165) is 11.3 Å². The first kappa shape index (κ1) is 14.8. The highest BCUT2D eigenvalue weighted by Gasteiger charge is 2.27. The molecule has 1 amide bonds. The lowest BCUT2D eigenvalue weighted by atomic mass is 9.94. The van der Waals surface area contributed by atoms with E-state index in [1.165, 1.54) is 0 Å². The van der Waals surface area contributed by atoms with Gasteiger partial charge in [-0.3, -0.25) is 14.7 Å². The number of carbonyl (C=O) groups is 2. The van der Waals surface area contributed by atoms with Gasteiger partial charge >= 0.3 is 5.97 Å². The Morgan fingerprint density at radius 1 is 1.29 bits per heavy atom. The number of aryl methyl sites for hydroxylation is 1. The van der Waals surface area contributed by atoms with Gasteiger partial charge in [-0.05, 0) is 25.5 Å². The number of aliphatic carboxylic acids is 1. The molecule has 2 atom stereocenters. The largest absolute Gasteiger partial charge is 0.481 e. The van der Waals surface area contributed by atoms with Crippen LogP contribution < -0.4 is 5.32 Å². The highest BCUT2D eigenvalue weighted by atomic mass is 16.4. The predicted octanol–water partition coefficient (Wildman–Crippen LogP) is 1.91. The summed E-state index contributed by atoms with van der Waals surface area (Å²) in [7, 11) is 0. The highest BCUT2D eigenvalue weighted by molar-refractivity contribution is 5.93. The molecule has 0 saturated carbocycles. The van der Waals surface area contributed by atoms with Gasteiger partial charge in [0.05, 0.1) is 12.0 Å². The number of carboxylic acids is 1. The summed E-state index contributed by atoms with van der Waals surface area (Å²) >= 11 is 0. The van der Waals surface area contributed by atoms with Crippen LogP contribution in [0.2, 0.25) is 0 Å². The molecule has 0 saturated heterocycles. The Labute approximate surface area is 122 Å². The molecule has 6 heteroatoms. The van der Waals surface area contributed by atoms with Gasteiger partial charge in [-0.15, -0.1) is 0 Å². The zero-order chi connectivity index (χ0) is 15.4. The second kappa shape index (κ2) is 6.21. The van der Waals surface area contributed by atoms with Gasteiger partial charge in [0, 0.05) is 5.69 Å². The molecule has 3 N–H and O–H groups in total. The Morgan fingerprint density at radius 2 is 1.95 bits per heavy atom. The molecule has 2 rings (SSSR count). The SMILES string of the molecule is Cc1cc(C(=O)NC(c2ccccc2)C(C)C(=O)O)n[nH]1. The number of carboxylic acid groups (broad SMARTS) is 1. The molecule has 0 aliphatic rings. The summed E-state index contributed by atoms with van der Waals surface area (Å²) < 4.78 is 0. The summed E-state index contributed by atoms with van der Waals surface area (Å²) in [6.45, 7) is 3.36. The molecule has 1 aromatic carbocycles. The lowest BCUT2D eigenvalue weighted by Gasteiger charge is -2.22. The normalized spacial score (nSPS) is 13.4. The number of H-pyrrole nitrogens is 1. The van der Waals surface area contributed by atoms with E-state index in [1.54, 1.807) is 32.0 Å². The molecule has 2 aromatic rings. The Hall–Kier alpha value is -2.63. The van der Waals surface area contributed by atoms with Crippen LogP contribution in [0.1, 0.15) is 34.7 Å². The third kappa shape index (κ3) is 3.47. The van der Waals surface area contributed by atoms with Crippen LogP contribution in [0.25, 0.3) is 0 Å². The molecule has 21 heavy (non-hydrogen) atoms. The summed E-state index contributed by atoms with van der Waals surface area (Å²) in [6.07, 6.45) is 0. The molecular formula is C15H17N3O3. The van der Waals surface area contributed by atoms with Gasteiger partial charge in [0.2, 0.25) is 0 Å². The average Bonchev–Trinajstić information content (AvgIpc) is 2.91. The summed E-state index contributed by atoms with van der Waals surface area (Å²) in [4.78, 5) is 23.4. The van der Waals surface area contributed by atoms with Crippen molar-refractivity contribution >= 4 is 11.9 Å². The molecular weight excluding hydrogens is 270 g/mol. The third-order valence-corrected chi connectivity index (χ3v) is 3.27. The quantitative estimate of drug-likeness (QED) is 0.782. The van der Waals surface area contributed by atoms with Gasteiger partial charge in [0.1, 0.15) is 5.69 Å². The van der Waals surface area contributed by atoms with Gasteiger partial charge in [-0.25, -0.2) is 0 Å². The minimum atomic E-state index is -0.970. The number of hydrogen-bond donors (Lipinski definition) is 3. The van der Waals surface area contributed by atoms with Crippen molar-refractivity contribution in [2.75, 3.05) is 0 Å². The van der Waals surface area contributed by atoms with E-state index >= 15 is 0 Å². The molecule has 0 spiro atoms. The number of amides is 1. The fourth-order valence-corrected chi connectivity index (χ4v) is 2.05. The second-order valence-corrected chi connectivity index (χ2v) is 4.92. The first-order valence-electron chi connectivity index (χ1n) is 6.59. The predicted molar refractivity (Wildman–Crippen MR) is 76.8 cm³/mol. The van der Waals surface area contributed by atoms with Crippen molar-refractivity contribution in [3.05, 3.63) is 53.3 Å². The van der Waals surface area contributed by atoms with Gasteiger partial charge < -0.3 is 10.4 Å². The van der Waals surface area contributed by atoms with E-state index in [9.17, 15) is 14.7 Å². The first-order valence-corrected chi connectivity index (χ1v) is 6.59. The lowest BCUT2D eigenvalue weighted by molar-refractivity contribution is -0.142. The van der Waals surface area contributed by atoms with Crippen molar-refractivity contribution < 1.29 is 14.7 Å². The fourth-order valence-electron chi connectivity index (χ4n) is 2.05. The maximum absolute atomic E-state index is 12.2. The number of carbonyl (C=O) groups excluding carboxylic acids is 1. The fraction of sp³-hybridized carbons (Fsp3) is 0.267. The van der Waals surface area contributed by atoms with Crippen molar-refractivity contribution in [3.63, 3.8) is 0 Å². The van der Waals surface area contributed by atoms with E-state index < -0.39 is 23.8 Å². The molecule has 0 aliphatic carbocycles. The molecule has 0 bridgehead atoms. The van der Waals surface area contributed by atoms with Crippen molar-refractivity contribution in [2.45, 2.75) is 19.9 Å². The summed E-state index contributed by atoms with van der Waals surface area (Å²) in [5.74, 6) is -2.12. The van der Waals surface area contributed by atoms with Gasteiger partial charge in [-0.2, -0.15) is 5.10 Å². The second-order valence-electron chi connectivity index (χ2n) is 4.92. The van der Waals surface area contributed by atoms with Crippen LogP contribution in [-0.4, -0.2) is 27.2 Å². The first-order chi connectivity index (χ1) is 9.99. The van der Waals surface area contributed by atoms with E-state index in [4.69, 9.17) is 0 Å². The van der Waals surface area contributed by atoms with Crippen LogP contribution in [0.3, 0.4) is 0 Å². The van der Waals surface area contributed by atoms with Crippen LogP contribution in [0.5, 0.6) is 0 Å². The number of aromatic nitrogens is 2. The van der Waals surface area contributed by atoms with Gasteiger partial charge in [-0.1, -0.05) is 30.3 Å². The maximum atomic E-state index is 12.2. The molecule has 0 fully saturated rings. The number of hydrogen-bond acceptors (Lipinski definition) is 3. The Morgan fingerprint density at radius 3 is 2.48 bits per heavy atom.